The van der Waals surface area contributed by atoms with Gasteiger partial charge in [0.05, 0.1) is 69.4 Å². The number of H-pyrrole nitrogens is 2. The number of methoxy groups -OCH3 is 2. The molecule has 1 aliphatic carbocycles. The number of alkyl carbamates (subject to hydrolysis) is 2. The largest absolute Gasteiger partial charge is 0.453 e. The van der Waals surface area contributed by atoms with Crippen molar-refractivity contribution >= 4 is 34.8 Å². The molecule has 4 aliphatic heterocycles. The van der Waals surface area contributed by atoms with Crippen LogP contribution in [0.25, 0.3) is 22.0 Å². The van der Waals surface area contributed by atoms with Crippen molar-refractivity contribution in [2.24, 2.45) is 29.6 Å². The summed E-state index contributed by atoms with van der Waals surface area (Å²) < 4.78 is 21.0. The molecule has 2 aromatic heterocycles. The van der Waals surface area contributed by atoms with Gasteiger partial charge in [-0.3, -0.25) is 9.59 Å². The highest BCUT2D eigenvalue weighted by Crippen LogP contribution is 2.50. The molecule has 5 aliphatic rings. The summed E-state index contributed by atoms with van der Waals surface area (Å²) in [5.74, 6) is 8.18. The molecule has 0 bridgehead atoms. The maximum Gasteiger partial charge on any atom is 0.407 e. The number of aromatic amines is 2. The second-order valence-corrected chi connectivity index (χ2v) is 19.5. The Morgan fingerprint density at radius 3 is 1.67 bits per heavy atom. The number of carbonyl (C=O) groups is 4. The van der Waals surface area contributed by atoms with E-state index in [0.717, 1.165) is 74.1 Å². The molecule has 0 spiro atoms. The van der Waals surface area contributed by atoms with Gasteiger partial charge in [0.25, 0.3) is 0 Å². The molecular weight excluding hydrogens is 913 g/mol. The fourth-order valence-electron chi connectivity index (χ4n) is 10.9. The molecule has 0 radical (unpaired) electrons. The van der Waals surface area contributed by atoms with E-state index >= 15 is 0 Å². The molecule has 386 valence electrons. The van der Waals surface area contributed by atoms with Gasteiger partial charge < -0.3 is 49.3 Å². The summed E-state index contributed by atoms with van der Waals surface area (Å²) in [6.07, 6.45) is 27.4. The average Bonchev–Trinajstić information content (AvgIpc) is 4.07. The summed E-state index contributed by atoms with van der Waals surface area (Å²) in [6, 6.07) is 12.1. The van der Waals surface area contributed by atoms with Gasteiger partial charge in [-0.2, -0.15) is 0 Å². The van der Waals surface area contributed by atoms with E-state index in [1.165, 1.54) is 25.0 Å². The van der Waals surface area contributed by atoms with Crippen molar-refractivity contribution in [1.82, 2.24) is 40.4 Å². The smallest absolute Gasteiger partial charge is 0.407 e. The first-order chi connectivity index (χ1) is 34.6. The number of aromatic nitrogens is 4. The van der Waals surface area contributed by atoms with E-state index < -0.39 is 24.3 Å². The number of hydrogen-bond acceptors (Lipinski definition) is 10. The number of terminal acetylenes is 2. The normalized spacial score (nSPS) is 27.5. The molecule has 7 unspecified atom stereocenters. The van der Waals surface area contributed by atoms with Crippen molar-refractivity contribution in [3.05, 3.63) is 72.7 Å². The third-order valence-electron chi connectivity index (χ3n) is 14.6. The first kappa shape index (κ1) is 56.1. The molecule has 16 heteroatoms. The minimum absolute atomic E-state index is 0.0125. The minimum Gasteiger partial charge on any atom is -0.453 e. The third kappa shape index (κ3) is 14.4. The number of rotatable bonds is 7. The number of fused-ring (bicyclic) bond motifs is 2. The van der Waals surface area contributed by atoms with Crippen LogP contribution in [0.2, 0.25) is 0 Å². The number of carbonyl (C=O) groups excluding carboxylic acids is 4. The van der Waals surface area contributed by atoms with Crippen molar-refractivity contribution in [1.29, 1.82) is 0 Å². The first-order valence-electron chi connectivity index (χ1n) is 24.9. The SMILES string of the molecule is C#C.C#C.C(#Cc1cnc[nH]1)c1ccc2cc(-c3cnc[nH]3)ccc2c1.COC(=O)NC(C(=O)N1CCC(C)[C@H]1C)C1C[C@@H](C)O[C@@H](C)C1.COC(=O)NC(C(=O)N1CCC2C1[C@@H]2C)C1C[C@@H](C)O[C@@H](C)C1. The Labute approximate surface area is 425 Å². The fraction of sp³-hybridized carbons (Fsp3) is 0.536. The zero-order valence-electron chi connectivity index (χ0n) is 43.3. The summed E-state index contributed by atoms with van der Waals surface area (Å²) in [6.45, 7) is 16.1. The zero-order valence-corrected chi connectivity index (χ0v) is 43.3. The fourth-order valence-corrected chi connectivity index (χ4v) is 10.9. The van der Waals surface area contributed by atoms with Crippen LogP contribution < -0.4 is 10.6 Å². The summed E-state index contributed by atoms with van der Waals surface area (Å²) in [5.41, 5.74) is 3.94. The predicted octanol–water partition coefficient (Wildman–Crippen LogP) is 7.80. The van der Waals surface area contributed by atoms with Crippen molar-refractivity contribution < 1.29 is 38.1 Å². The Bertz CT molecular complexity index is 2410. The number of hydrogen-bond donors (Lipinski definition) is 4. The number of ether oxygens (including phenoxy) is 4. The highest BCUT2D eigenvalue weighted by Gasteiger charge is 2.57. The van der Waals surface area contributed by atoms with Crippen molar-refractivity contribution in [2.45, 2.75) is 136 Å². The van der Waals surface area contributed by atoms with Gasteiger partial charge in [-0.25, -0.2) is 19.6 Å². The molecule has 2 aromatic carbocycles. The summed E-state index contributed by atoms with van der Waals surface area (Å²) in [7, 11) is 2.66. The number of nitrogens with one attached hydrogen (secondary N) is 4. The lowest BCUT2D eigenvalue weighted by Crippen LogP contribution is -2.55. The van der Waals surface area contributed by atoms with Crippen LogP contribution in [0.1, 0.15) is 98.2 Å². The zero-order chi connectivity index (χ0) is 52.6. The van der Waals surface area contributed by atoms with Crippen LogP contribution in [0.4, 0.5) is 9.59 Å². The number of piperidine rings is 1. The van der Waals surface area contributed by atoms with Gasteiger partial charge in [0.1, 0.15) is 17.8 Å². The van der Waals surface area contributed by atoms with Gasteiger partial charge in [0.15, 0.2) is 0 Å². The minimum atomic E-state index is -0.546. The quantitative estimate of drug-likeness (QED) is 0.133. The molecule has 6 heterocycles. The molecule has 13 atom stereocenters. The Balaban J connectivity index is 0.000000194. The first-order valence-corrected chi connectivity index (χ1v) is 24.9. The van der Waals surface area contributed by atoms with Crippen LogP contribution in [-0.2, 0) is 28.5 Å². The second kappa shape index (κ2) is 26.6. The van der Waals surface area contributed by atoms with Crippen molar-refractivity contribution in [2.75, 3.05) is 27.3 Å². The van der Waals surface area contributed by atoms with E-state index in [4.69, 9.17) is 18.9 Å². The standard InChI is InChI=1S/C18H12N4.C17H28N2O4.C17H30N2O4.2C2H2/c1-3-15-8-16(18-10-20-12-22-18)5-4-14(15)7-13(1)2-6-17-9-19-11-21-17;1-9-7-12(8-10(2)23-9)14(18-17(21)22-4)16(20)19-6-5-13-11(3)15(13)19;1-10-6-7-19(13(10)4)16(20)15(18-17(21)22-5)14-8-11(2)23-12(3)9-14;2*1-2/h1,3-5,7-12H,(H,19,21)(H,20,22);9-15H,5-8H2,1-4H3,(H,18,21);10-15H,6-9H2,1-5H3,(H,18,21);2*1-2H/t;9-,10+,11-,12?,13?,14?,15?;10?,11-,12+,13-,14?,15?;;/m.11../s1. The lowest BCUT2D eigenvalue weighted by molar-refractivity contribution is -0.138. The number of nitrogens with zero attached hydrogens (tertiary/aromatic N) is 4. The highest BCUT2D eigenvalue weighted by atomic mass is 16.5. The Kier molecular flexibility index (Phi) is 20.7. The third-order valence-corrected chi connectivity index (χ3v) is 14.6. The topological polar surface area (TPSA) is 193 Å². The average molecular weight is 987 g/mol. The highest BCUT2D eigenvalue weighted by molar-refractivity contribution is 5.89. The maximum absolute atomic E-state index is 13.1. The molecule has 1 saturated carbocycles. The van der Waals surface area contributed by atoms with Gasteiger partial charge >= 0.3 is 12.2 Å². The molecule has 5 fully saturated rings. The molecule has 4 N–H and O–H groups in total. The maximum atomic E-state index is 13.1. The van der Waals surface area contributed by atoms with Crippen LogP contribution in [-0.4, -0.2) is 130 Å². The van der Waals surface area contributed by atoms with Crippen LogP contribution in [0.3, 0.4) is 0 Å². The van der Waals surface area contributed by atoms with E-state index in [0.29, 0.717) is 23.8 Å². The number of imidazole rings is 2. The van der Waals surface area contributed by atoms with Crippen molar-refractivity contribution in [3.63, 3.8) is 0 Å². The lowest BCUT2D eigenvalue weighted by atomic mass is 9.85. The van der Waals surface area contributed by atoms with Gasteiger partial charge in [0, 0.05) is 36.3 Å². The molecule has 4 saturated heterocycles. The van der Waals surface area contributed by atoms with Gasteiger partial charge in [-0.05, 0) is 138 Å². The van der Waals surface area contributed by atoms with Crippen LogP contribution >= 0.6 is 0 Å². The van der Waals surface area contributed by atoms with E-state index in [1.54, 1.807) is 18.9 Å². The van der Waals surface area contributed by atoms with Crippen LogP contribution in [0.15, 0.2) is 61.4 Å². The molecular formula is C56H74N8O8. The lowest BCUT2D eigenvalue weighted by Gasteiger charge is -2.38. The second-order valence-electron chi connectivity index (χ2n) is 19.5. The number of amides is 4. The van der Waals surface area contributed by atoms with E-state index in [-0.39, 0.29) is 54.1 Å². The molecule has 16 nitrogen and oxygen atoms in total. The predicted molar refractivity (Wildman–Crippen MR) is 278 cm³/mol. The molecule has 9 rings (SSSR count). The number of benzene rings is 2. The Hall–Kier alpha value is -6.80. The summed E-state index contributed by atoms with van der Waals surface area (Å²) >= 11 is 0. The van der Waals surface area contributed by atoms with E-state index in [2.05, 4.69) is 119 Å². The van der Waals surface area contributed by atoms with Gasteiger partial charge in [-0.15, -0.1) is 25.7 Å². The summed E-state index contributed by atoms with van der Waals surface area (Å²) in [4.78, 5) is 67.7. The monoisotopic (exact) mass is 987 g/mol. The molecule has 72 heavy (non-hydrogen) atoms. The Morgan fingerprint density at radius 2 is 1.19 bits per heavy atom. The molecule has 4 amide bonds. The Morgan fingerprint density at radius 1 is 0.681 bits per heavy atom. The summed E-state index contributed by atoms with van der Waals surface area (Å²) in [5, 5.41) is 7.93. The van der Waals surface area contributed by atoms with Crippen LogP contribution in [0, 0.1) is 67.1 Å². The van der Waals surface area contributed by atoms with Crippen molar-refractivity contribution in [3.8, 4) is 48.8 Å². The van der Waals surface area contributed by atoms with Gasteiger partial charge in [0.2, 0.25) is 11.8 Å². The van der Waals surface area contributed by atoms with Crippen LogP contribution in [0.5, 0.6) is 0 Å². The van der Waals surface area contributed by atoms with E-state index in [9.17, 15) is 19.2 Å². The van der Waals surface area contributed by atoms with E-state index in [1.807, 2.05) is 49.8 Å². The molecule has 4 aromatic rings. The van der Waals surface area contributed by atoms with Gasteiger partial charge in [-0.1, -0.05) is 38.0 Å². The number of likely N-dealkylation sites (tertiary alicyclic amines) is 2.